The Morgan fingerprint density at radius 2 is 1.70 bits per heavy atom. The molecule has 0 unspecified atom stereocenters. The molecule has 0 aliphatic heterocycles. The molecule has 0 saturated heterocycles. The number of phenolic OH excluding ortho intramolecular Hbond substituents is 1. The fourth-order valence-corrected chi connectivity index (χ4v) is 2.93. The van der Waals surface area contributed by atoms with Crippen molar-refractivity contribution in [2.24, 2.45) is 0 Å². The number of aromatic hydroxyl groups is 1. The zero-order valence-electron chi connectivity index (χ0n) is 14.9. The number of benzene rings is 3. The van der Waals surface area contributed by atoms with Gasteiger partial charge in [0.2, 0.25) is 0 Å². The highest BCUT2D eigenvalue weighted by molar-refractivity contribution is 5.89. The van der Waals surface area contributed by atoms with Crippen LogP contribution >= 0.6 is 0 Å². The normalized spacial score (nSPS) is 10.6. The van der Waals surface area contributed by atoms with Gasteiger partial charge in [-0.2, -0.15) is 0 Å². The maximum Gasteiger partial charge on any atom is 0.335 e. The molecule has 0 saturated carbocycles. The third-order valence-corrected chi connectivity index (χ3v) is 4.20. The lowest BCUT2D eigenvalue weighted by Crippen LogP contribution is -2.06. The Labute approximate surface area is 157 Å². The lowest BCUT2D eigenvalue weighted by atomic mass is 9.95. The standard InChI is InChI=1S/C22H20O5/c1-26-14-27-21-10-7-16(15-5-3-2-4-6-15)11-18(21)12-17-13-19(23)8-9-20(17)22(24)25/h2-11,13,23H,12,14H2,1H3,(H,24,25). The van der Waals surface area contributed by atoms with Crippen LogP contribution in [-0.4, -0.2) is 30.1 Å². The molecule has 3 aromatic rings. The predicted molar refractivity (Wildman–Crippen MR) is 102 cm³/mol. The third kappa shape index (κ3) is 4.46. The molecular formula is C22H20O5. The van der Waals surface area contributed by atoms with Crippen LogP contribution in [0, 0.1) is 0 Å². The molecule has 0 bridgehead atoms. The van der Waals surface area contributed by atoms with Gasteiger partial charge in [0.25, 0.3) is 0 Å². The van der Waals surface area contributed by atoms with E-state index in [9.17, 15) is 15.0 Å². The Morgan fingerprint density at radius 1 is 0.926 bits per heavy atom. The summed E-state index contributed by atoms with van der Waals surface area (Å²) in [7, 11) is 1.54. The highest BCUT2D eigenvalue weighted by atomic mass is 16.7. The van der Waals surface area contributed by atoms with E-state index < -0.39 is 5.97 Å². The summed E-state index contributed by atoms with van der Waals surface area (Å²) in [6, 6.07) is 19.9. The summed E-state index contributed by atoms with van der Waals surface area (Å²) in [6.45, 7) is 0.0868. The molecule has 3 rings (SSSR count). The van der Waals surface area contributed by atoms with E-state index in [1.807, 2.05) is 48.5 Å². The lowest BCUT2D eigenvalue weighted by molar-refractivity contribution is 0.0505. The molecule has 2 N–H and O–H groups in total. The SMILES string of the molecule is COCOc1ccc(-c2ccccc2)cc1Cc1cc(O)ccc1C(=O)O. The minimum atomic E-state index is -1.04. The van der Waals surface area contributed by atoms with Gasteiger partial charge in [0.15, 0.2) is 6.79 Å². The van der Waals surface area contributed by atoms with Crippen molar-refractivity contribution < 1.29 is 24.5 Å². The molecule has 0 atom stereocenters. The fourth-order valence-electron chi connectivity index (χ4n) is 2.93. The van der Waals surface area contributed by atoms with Gasteiger partial charge in [0, 0.05) is 13.5 Å². The van der Waals surface area contributed by atoms with Crippen molar-refractivity contribution in [3.8, 4) is 22.6 Å². The van der Waals surface area contributed by atoms with E-state index in [4.69, 9.17) is 9.47 Å². The van der Waals surface area contributed by atoms with Crippen molar-refractivity contribution in [1.82, 2.24) is 0 Å². The van der Waals surface area contributed by atoms with Gasteiger partial charge in [0.1, 0.15) is 11.5 Å². The number of carboxylic acids is 1. The zero-order valence-corrected chi connectivity index (χ0v) is 14.9. The number of carbonyl (C=O) groups is 1. The molecule has 27 heavy (non-hydrogen) atoms. The van der Waals surface area contributed by atoms with Crippen LogP contribution in [-0.2, 0) is 11.2 Å². The van der Waals surface area contributed by atoms with Crippen molar-refractivity contribution >= 4 is 5.97 Å². The predicted octanol–water partition coefficient (Wildman–Crippen LogP) is 4.33. The molecule has 0 spiro atoms. The molecule has 0 aliphatic carbocycles. The highest BCUT2D eigenvalue weighted by Gasteiger charge is 2.15. The third-order valence-electron chi connectivity index (χ3n) is 4.20. The number of phenols is 1. The second-order valence-electron chi connectivity index (χ2n) is 6.06. The van der Waals surface area contributed by atoms with Crippen molar-refractivity contribution in [2.75, 3.05) is 13.9 Å². The molecule has 0 fully saturated rings. The minimum Gasteiger partial charge on any atom is -0.508 e. The highest BCUT2D eigenvalue weighted by Crippen LogP contribution is 2.30. The summed E-state index contributed by atoms with van der Waals surface area (Å²) in [5.74, 6) is -0.409. The van der Waals surface area contributed by atoms with Crippen LogP contribution < -0.4 is 4.74 Å². The number of carboxylic acid groups (broad SMARTS) is 1. The second kappa shape index (κ2) is 8.38. The maximum atomic E-state index is 11.5. The summed E-state index contributed by atoms with van der Waals surface area (Å²) >= 11 is 0. The van der Waals surface area contributed by atoms with Crippen molar-refractivity contribution in [1.29, 1.82) is 0 Å². The Balaban J connectivity index is 2.04. The summed E-state index contributed by atoms with van der Waals surface area (Å²) in [4.78, 5) is 11.5. The van der Waals surface area contributed by atoms with Crippen molar-refractivity contribution in [2.45, 2.75) is 6.42 Å². The van der Waals surface area contributed by atoms with Gasteiger partial charge in [-0.1, -0.05) is 36.4 Å². The summed E-state index contributed by atoms with van der Waals surface area (Å²) < 4.78 is 10.6. The van der Waals surface area contributed by atoms with Gasteiger partial charge in [-0.25, -0.2) is 4.79 Å². The van der Waals surface area contributed by atoms with Crippen LogP contribution in [0.25, 0.3) is 11.1 Å². The van der Waals surface area contributed by atoms with Crippen LogP contribution in [0.5, 0.6) is 11.5 Å². The molecule has 0 aromatic heterocycles. The van der Waals surface area contributed by atoms with Crippen molar-refractivity contribution in [3.63, 3.8) is 0 Å². The molecule has 0 heterocycles. The summed E-state index contributed by atoms with van der Waals surface area (Å²) in [5.41, 5.74) is 3.51. The van der Waals surface area contributed by atoms with Gasteiger partial charge >= 0.3 is 5.97 Å². The first kappa shape index (κ1) is 18.5. The van der Waals surface area contributed by atoms with Crippen LogP contribution in [0.3, 0.4) is 0 Å². The van der Waals surface area contributed by atoms with Gasteiger partial charge in [-0.05, 0) is 52.6 Å². The molecular weight excluding hydrogens is 344 g/mol. The summed E-state index contributed by atoms with van der Waals surface area (Å²) in [5, 5.41) is 19.2. The van der Waals surface area contributed by atoms with Gasteiger partial charge in [0.05, 0.1) is 5.56 Å². The Morgan fingerprint density at radius 3 is 2.41 bits per heavy atom. The monoisotopic (exact) mass is 364 g/mol. The fraction of sp³-hybridized carbons (Fsp3) is 0.136. The van der Waals surface area contributed by atoms with Gasteiger partial charge in [-0.15, -0.1) is 0 Å². The molecule has 3 aromatic carbocycles. The topological polar surface area (TPSA) is 76.0 Å². The Bertz CT molecular complexity index is 935. The van der Waals surface area contributed by atoms with E-state index in [-0.39, 0.29) is 18.1 Å². The number of aromatic carboxylic acids is 1. The lowest BCUT2D eigenvalue weighted by Gasteiger charge is -2.14. The van der Waals surface area contributed by atoms with Gasteiger partial charge in [-0.3, -0.25) is 0 Å². The molecule has 138 valence electrons. The van der Waals surface area contributed by atoms with Crippen LogP contribution in [0.15, 0.2) is 66.7 Å². The first-order valence-electron chi connectivity index (χ1n) is 8.43. The van der Waals surface area contributed by atoms with Crippen LogP contribution in [0.4, 0.5) is 0 Å². The average Bonchev–Trinajstić information content (AvgIpc) is 2.67. The number of hydrogen-bond acceptors (Lipinski definition) is 4. The second-order valence-corrected chi connectivity index (χ2v) is 6.06. The van der Waals surface area contributed by atoms with E-state index >= 15 is 0 Å². The number of hydrogen-bond donors (Lipinski definition) is 2. The quantitative estimate of drug-likeness (QED) is 0.610. The number of ether oxygens (including phenoxy) is 2. The molecule has 5 heteroatoms. The van der Waals surface area contributed by atoms with E-state index in [0.29, 0.717) is 17.7 Å². The largest absolute Gasteiger partial charge is 0.508 e. The average molecular weight is 364 g/mol. The van der Waals surface area contributed by atoms with Crippen LogP contribution in [0.1, 0.15) is 21.5 Å². The number of rotatable bonds is 7. The van der Waals surface area contributed by atoms with Crippen molar-refractivity contribution in [3.05, 3.63) is 83.4 Å². The van der Waals surface area contributed by atoms with Gasteiger partial charge < -0.3 is 19.7 Å². The molecule has 0 radical (unpaired) electrons. The Hall–Kier alpha value is -3.31. The Kier molecular flexibility index (Phi) is 5.74. The molecule has 0 amide bonds. The minimum absolute atomic E-state index is 0.0218. The molecule has 5 nitrogen and oxygen atoms in total. The first-order valence-corrected chi connectivity index (χ1v) is 8.43. The summed E-state index contributed by atoms with van der Waals surface area (Å²) in [6.07, 6.45) is 0.301. The van der Waals surface area contributed by atoms with E-state index in [1.54, 1.807) is 0 Å². The smallest absolute Gasteiger partial charge is 0.335 e. The van der Waals surface area contributed by atoms with E-state index in [1.165, 1.54) is 25.3 Å². The van der Waals surface area contributed by atoms with E-state index in [2.05, 4.69) is 0 Å². The molecule has 0 aliphatic rings. The van der Waals surface area contributed by atoms with E-state index in [0.717, 1.165) is 16.7 Å². The number of methoxy groups -OCH3 is 1. The maximum absolute atomic E-state index is 11.5. The zero-order chi connectivity index (χ0) is 19.2. The first-order chi connectivity index (χ1) is 13.1. The van der Waals surface area contributed by atoms with Crippen LogP contribution in [0.2, 0.25) is 0 Å².